The van der Waals surface area contributed by atoms with E-state index in [2.05, 4.69) is 10.6 Å². The standard InChI is InChI=1S/C23H20Cl2N2O2/c1-16(29-18-12-10-17(24)11-13-18)23-26-20-7-3-4-8-21(20)27(23)14-15-28-22-9-5-2-6-19(22)25/h2-13,16H,14-15H2,1H3. The van der Waals surface area contributed by atoms with Crippen molar-refractivity contribution in [2.75, 3.05) is 6.61 Å². The third kappa shape index (κ3) is 4.50. The summed E-state index contributed by atoms with van der Waals surface area (Å²) in [4.78, 5) is 4.80. The highest BCUT2D eigenvalue weighted by Gasteiger charge is 2.18. The van der Waals surface area contributed by atoms with Crippen LogP contribution >= 0.6 is 23.2 Å². The van der Waals surface area contributed by atoms with Gasteiger partial charge in [-0.15, -0.1) is 0 Å². The second-order valence-electron chi connectivity index (χ2n) is 6.60. The molecule has 3 aromatic carbocycles. The first-order valence-corrected chi connectivity index (χ1v) is 10.1. The fraction of sp³-hybridized carbons (Fsp3) is 0.174. The van der Waals surface area contributed by atoms with Crippen LogP contribution in [0.25, 0.3) is 11.0 Å². The van der Waals surface area contributed by atoms with Crippen LogP contribution < -0.4 is 9.47 Å². The Morgan fingerprint density at radius 2 is 1.66 bits per heavy atom. The molecule has 6 heteroatoms. The van der Waals surface area contributed by atoms with Gasteiger partial charge in [-0.25, -0.2) is 4.98 Å². The molecule has 1 heterocycles. The van der Waals surface area contributed by atoms with E-state index in [4.69, 9.17) is 37.7 Å². The van der Waals surface area contributed by atoms with E-state index in [1.165, 1.54) is 0 Å². The number of aromatic nitrogens is 2. The first kappa shape index (κ1) is 19.6. The van der Waals surface area contributed by atoms with Crippen molar-refractivity contribution < 1.29 is 9.47 Å². The fourth-order valence-corrected chi connectivity index (χ4v) is 3.53. The molecule has 4 aromatic rings. The molecule has 29 heavy (non-hydrogen) atoms. The van der Waals surface area contributed by atoms with Crippen LogP contribution in [0.2, 0.25) is 10.0 Å². The lowest BCUT2D eigenvalue weighted by Gasteiger charge is -2.17. The van der Waals surface area contributed by atoms with E-state index in [1.54, 1.807) is 0 Å². The van der Waals surface area contributed by atoms with Crippen molar-refractivity contribution in [2.24, 2.45) is 0 Å². The Morgan fingerprint density at radius 1 is 0.931 bits per heavy atom. The molecule has 0 amide bonds. The van der Waals surface area contributed by atoms with E-state index in [9.17, 15) is 0 Å². The van der Waals surface area contributed by atoms with E-state index in [0.717, 1.165) is 22.6 Å². The maximum Gasteiger partial charge on any atom is 0.153 e. The summed E-state index contributed by atoms with van der Waals surface area (Å²) in [6, 6.07) is 22.8. The number of ether oxygens (including phenoxy) is 2. The summed E-state index contributed by atoms with van der Waals surface area (Å²) in [5, 5.41) is 1.27. The molecule has 0 saturated heterocycles. The Morgan fingerprint density at radius 3 is 2.45 bits per heavy atom. The van der Waals surface area contributed by atoms with Gasteiger partial charge in [0.1, 0.15) is 18.1 Å². The predicted octanol–water partition coefficient (Wildman–Crippen LogP) is 6.56. The minimum Gasteiger partial charge on any atom is -0.490 e. The van der Waals surface area contributed by atoms with Gasteiger partial charge in [0.2, 0.25) is 0 Å². The van der Waals surface area contributed by atoms with Gasteiger partial charge in [0, 0.05) is 5.02 Å². The first-order valence-electron chi connectivity index (χ1n) is 9.36. The number of para-hydroxylation sites is 3. The van der Waals surface area contributed by atoms with E-state index in [1.807, 2.05) is 73.7 Å². The normalized spacial score (nSPS) is 12.1. The molecule has 1 unspecified atom stereocenters. The third-order valence-electron chi connectivity index (χ3n) is 4.58. The molecule has 1 atom stereocenters. The molecule has 0 N–H and O–H groups in total. The minimum atomic E-state index is -0.246. The van der Waals surface area contributed by atoms with Crippen molar-refractivity contribution in [1.82, 2.24) is 9.55 Å². The SMILES string of the molecule is CC(Oc1ccc(Cl)cc1)c1nc2ccccc2n1CCOc1ccccc1Cl. The molecular formula is C23H20Cl2N2O2. The van der Waals surface area contributed by atoms with Crippen molar-refractivity contribution >= 4 is 34.2 Å². The first-order chi connectivity index (χ1) is 14.1. The van der Waals surface area contributed by atoms with Gasteiger partial charge < -0.3 is 14.0 Å². The Bertz CT molecular complexity index is 1110. The summed E-state index contributed by atoms with van der Waals surface area (Å²) in [5.41, 5.74) is 1.96. The number of benzene rings is 3. The van der Waals surface area contributed by atoms with Crippen molar-refractivity contribution in [2.45, 2.75) is 19.6 Å². The van der Waals surface area contributed by atoms with E-state index < -0.39 is 0 Å². The molecule has 0 spiro atoms. The van der Waals surface area contributed by atoms with Crippen LogP contribution in [0.4, 0.5) is 0 Å². The molecular weight excluding hydrogens is 407 g/mol. The van der Waals surface area contributed by atoms with Gasteiger partial charge >= 0.3 is 0 Å². The maximum absolute atomic E-state index is 6.19. The largest absolute Gasteiger partial charge is 0.490 e. The number of nitrogens with zero attached hydrogens (tertiary/aromatic N) is 2. The molecule has 0 bridgehead atoms. The monoisotopic (exact) mass is 426 g/mol. The third-order valence-corrected chi connectivity index (χ3v) is 5.15. The van der Waals surface area contributed by atoms with Gasteiger partial charge in [0.05, 0.1) is 22.6 Å². The van der Waals surface area contributed by atoms with Crippen molar-refractivity contribution in [3.8, 4) is 11.5 Å². The Labute approximate surface area is 179 Å². The van der Waals surface area contributed by atoms with Gasteiger partial charge in [-0.3, -0.25) is 0 Å². The van der Waals surface area contributed by atoms with Crippen LogP contribution in [0.15, 0.2) is 72.8 Å². The summed E-state index contributed by atoms with van der Waals surface area (Å²) < 4.78 is 14.1. The Kier molecular flexibility index (Phi) is 5.93. The molecule has 0 radical (unpaired) electrons. The summed E-state index contributed by atoms with van der Waals surface area (Å²) in [7, 11) is 0. The van der Waals surface area contributed by atoms with Gasteiger partial charge in [-0.2, -0.15) is 0 Å². The summed E-state index contributed by atoms with van der Waals surface area (Å²) >= 11 is 12.2. The van der Waals surface area contributed by atoms with E-state index >= 15 is 0 Å². The van der Waals surface area contributed by atoms with Gasteiger partial charge in [-0.1, -0.05) is 47.5 Å². The number of hydrogen-bond donors (Lipinski definition) is 0. The topological polar surface area (TPSA) is 36.3 Å². The molecule has 148 valence electrons. The summed E-state index contributed by atoms with van der Waals surface area (Å²) in [6.45, 7) is 3.07. The lowest BCUT2D eigenvalue weighted by molar-refractivity contribution is 0.207. The molecule has 4 rings (SSSR count). The van der Waals surface area contributed by atoms with E-state index in [-0.39, 0.29) is 6.10 Å². The van der Waals surface area contributed by atoms with E-state index in [0.29, 0.717) is 28.9 Å². The molecule has 0 fully saturated rings. The smallest absolute Gasteiger partial charge is 0.153 e. The molecule has 1 aromatic heterocycles. The van der Waals surface area contributed by atoms with Gasteiger partial charge in [-0.05, 0) is 55.5 Å². The second-order valence-corrected chi connectivity index (χ2v) is 7.45. The molecule has 0 saturated carbocycles. The van der Waals surface area contributed by atoms with Crippen molar-refractivity contribution in [3.05, 3.63) is 88.7 Å². The highest BCUT2D eigenvalue weighted by molar-refractivity contribution is 6.32. The molecule has 0 aliphatic heterocycles. The zero-order valence-electron chi connectivity index (χ0n) is 15.9. The van der Waals surface area contributed by atoms with Crippen LogP contribution in [0, 0.1) is 0 Å². The van der Waals surface area contributed by atoms with Crippen LogP contribution in [0.1, 0.15) is 18.9 Å². The zero-order valence-corrected chi connectivity index (χ0v) is 17.4. The second kappa shape index (κ2) is 8.76. The zero-order chi connectivity index (χ0) is 20.2. The summed E-state index contributed by atoms with van der Waals surface area (Å²) in [5.74, 6) is 2.25. The fourth-order valence-electron chi connectivity index (χ4n) is 3.22. The lowest BCUT2D eigenvalue weighted by atomic mass is 10.3. The summed E-state index contributed by atoms with van der Waals surface area (Å²) in [6.07, 6.45) is -0.246. The van der Waals surface area contributed by atoms with Gasteiger partial charge in [0.25, 0.3) is 0 Å². The highest BCUT2D eigenvalue weighted by Crippen LogP contribution is 2.27. The minimum absolute atomic E-state index is 0.246. The number of hydrogen-bond acceptors (Lipinski definition) is 3. The predicted molar refractivity (Wildman–Crippen MR) is 117 cm³/mol. The Balaban J connectivity index is 1.56. The number of fused-ring (bicyclic) bond motifs is 1. The van der Waals surface area contributed by atoms with Crippen LogP contribution in [-0.2, 0) is 6.54 Å². The molecule has 0 aliphatic rings. The van der Waals surface area contributed by atoms with Crippen LogP contribution in [-0.4, -0.2) is 16.2 Å². The number of rotatable bonds is 7. The maximum atomic E-state index is 6.19. The average Bonchev–Trinajstić information content (AvgIpc) is 3.10. The molecule has 0 aliphatic carbocycles. The molecule has 4 nitrogen and oxygen atoms in total. The van der Waals surface area contributed by atoms with Crippen molar-refractivity contribution in [1.29, 1.82) is 0 Å². The Hall–Kier alpha value is -2.69. The van der Waals surface area contributed by atoms with Crippen LogP contribution in [0.3, 0.4) is 0 Å². The lowest BCUT2D eigenvalue weighted by Crippen LogP contribution is -2.15. The number of imidazole rings is 1. The highest BCUT2D eigenvalue weighted by atomic mass is 35.5. The number of halogens is 2. The quantitative estimate of drug-likeness (QED) is 0.335. The van der Waals surface area contributed by atoms with Gasteiger partial charge in [0.15, 0.2) is 11.9 Å². The van der Waals surface area contributed by atoms with Crippen molar-refractivity contribution in [3.63, 3.8) is 0 Å². The average molecular weight is 427 g/mol. The van der Waals surface area contributed by atoms with Crippen LogP contribution in [0.5, 0.6) is 11.5 Å².